The van der Waals surface area contributed by atoms with Crippen molar-refractivity contribution in [2.45, 2.75) is 0 Å². The van der Waals surface area contributed by atoms with Gasteiger partial charge in [-0.25, -0.2) is 4.79 Å². The molecule has 0 bridgehead atoms. The molecule has 0 atom stereocenters. The predicted octanol–water partition coefficient (Wildman–Crippen LogP) is 4.47. The summed E-state index contributed by atoms with van der Waals surface area (Å²) >= 11 is 9.54. The maximum absolute atomic E-state index is 10.8. The predicted molar refractivity (Wildman–Crippen MR) is 71.5 cm³/mol. The lowest BCUT2D eigenvalue weighted by molar-refractivity contribution is 0.0697. The fraction of sp³-hybridized carbons (Fsp3) is 0. The Balaban J connectivity index is 2.55. The normalized spacial score (nSPS) is 10.2. The number of carboxylic acids is 1. The van der Waals surface area contributed by atoms with Gasteiger partial charge >= 0.3 is 5.97 Å². The summed E-state index contributed by atoms with van der Waals surface area (Å²) in [4.78, 5) is 10.8. The van der Waals surface area contributed by atoms with Gasteiger partial charge in [0.05, 0.1) is 5.56 Å². The molecule has 0 aliphatic heterocycles. The Hall–Kier alpha value is -1.32. The van der Waals surface area contributed by atoms with Crippen LogP contribution in [0.15, 0.2) is 46.9 Å². The molecule has 0 aliphatic carbocycles. The molecule has 0 amide bonds. The zero-order valence-electron chi connectivity index (χ0n) is 8.65. The van der Waals surface area contributed by atoms with Crippen LogP contribution in [-0.2, 0) is 0 Å². The van der Waals surface area contributed by atoms with Gasteiger partial charge in [-0.1, -0.05) is 51.8 Å². The van der Waals surface area contributed by atoms with E-state index in [2.05, 4.69) is 15.9 Å². The van der Waals surface area contributed by atoms with Gasteiger partial charge in [0.25, 0.3) is 0 Å². The Morgan fingerprint density at radius 1 is 1.12 bits per heavy atom. The molecule has 0 unspecified atom stereocenters. The van der Waals surface area contributed by atoms with Crippen molar-refractivity contribution in [1.29, 1.82) is 0 Å². The number of halogens is 2. The van der Waals surface area contributed by atoms with Crippen molar-refractivity contribution in [3.05, 3.63) is 57.5 Å². The van der Waals surface area contributed by atoms with Crippen molar-refractivity contribution in [2.24, 2.45) is 0 Å². The Morgan fingerprint density at radius 2 is 1.82 bits per heavy atom. The standard InChI is InChI=1S/C13H8BrClO2/c14-11-4-2-1-3-9(11)10-6-5-8(13(16)17)7-12(10)15/h1-7H,(H,16,17). The van der Waals surface area contributed by atoms with Crippen LogP contribution in [0.1, 0.15) is 10.4 Å². The summed E-state index contributed by atoms with van der Waals surface area (Å²) in [6.07, 6.45) is 0. The molecule has 0 aliphatic rings. The smallest absolute Gasteiger partial charge is 0.335 e. The molecule has 0 spiro atoms. The molecule has 0 fully saturated rings. The minimum Gasteiger partial charge on any atom is -0.478 e. The second kappa shape index (κ2) is 4.90. The minimum absolute atomic E-state index is 0.186. The summed E-state index contributed by atoms with van der Waals surface area (Å²) < 4.78 is 0.921. The lowest BCUT2D eigenvalue weighted by Crippen LogP contribution is -1.96. The zero-order chi connectivity index (χ0) is 12.4. The van der Waals surface area contributed by atoms with E-state index in [9.17, 15) is 4.79 Å². The topological polar surface area (TPSA) is 37.3 Å². The van der Waals surface area contributed by atoms with E-state index in [1.54, 1.807) is 12.1 Å². The molecular weight excluding hydrogens is 303 g/mol. The van der Waals surface area contributed by atoms with Crippen molar-refractivity contribution in [1.82, 2.24) is 0 Å². The van der Waals surface area contributed by atoms with E-state index >= 15 is 0 Å². The number of rotatable bonds is 2. The molecule has 4 heteroatoms. The zero-order valence-corrected chi connectivity index (χ0v) is 11.0. The molecule has 0 heterocycles. The van der Waals surface area contributed by atoms with Crippen LogP contribution < -0.4 is 0 Å². The van der Waals surface area contributed by atoms with E-state index in [0.717, 1.165) is 15.6 Å². The van der Waals surface area contributed by atoms with E-state index in [0.29, 0.717) is 5.02 Å². The number of hydrogen-bond acceptors (Lipinski definition) is 1. The summed E-state index contributed by atoms with van der Waals surface area (Å²) in [6.45, 7) is 0. The third-order valence-electron chi connectivity index (χ3n) is 2.38. The molecular formula is C13H8BrClO2. The average molecular weight is 312 g/mol. The van der Waals surface area contributed by atoms with Crippen LogP contribution in [0, 0.1) is 0 Å². The third-order valence-corrected chi connectivity index (χ3v) is 3.38. The fourth-order valence-electron chi connectivity index (χ4n) is 1.55. The van der Waals surface area contributed by atoms with E-state index in [1.807, 2.05) is 24.3 Å². The Kier molecular flexibility index (Phi) is 3.50. The van der Waals surface area contributed by atoms with E-state index in [4.69, 9.17) is 16.7 Å². The van der Waals surface area contributed by atoms with Gasteiger partial charge in [0, 0.05) is 15.1 Å². The largest absolute Gasteiger partial charge is 0.478 e. The molecule has 2 aromatic rings. The van der Waals surface area contributed by atoms with Gasteiger partial charge in [-0.05, 0) is 23.8 Å². The van der Waals surface area contributed by atoms with Crippen LogP contribution in [0.3, 0.4) is 0 Å². The molecule has 2 nitrogen and oxygen atoms in total. The number of hydrogen-bond donors (Lipinski definition) is 1. The molecule has 0 saturated heterocycles. The Labute approximate surface area is 112 Å². The first-order chi connectivity index (χ1) is 8.09. The Morgan fingerprint density at radius 3 is 2.41 bits per heavy atom. The van der Waals surface area contributed by atoms with Crippen molar-refractivity contribution in [3.8, 4) is 11.1 Å². The van der Waals surface area contributed by atoms with Crippen LogP contribution in [0.5, 0.6) is 0 Å². The van der Waals surface area contributed by atoms with Crippen molar-refractivity contribution in [2.75, 3.05) is 0 Å². The van der Waals surface area contributed by atoms with E-state index < -0.39 is 5.97 Å². The molecule has 0 saturated carbocycles. The number of benzene rings is 2. The fourth-order valence-corrected chi connectivity index (χ4v) is 2.33. The lowest BCUT2D eigenvalue weighted by Gasteiger charge is -2.07. The van der Waals surface area contributed by atoms with Crippen molar-refractivity contribution < 1.29 is 9.90 Å². The van der Waals surface area contributed by atoms with Gasteiger partial charge in [0.1, 0.15) is 0 Å². The highest BCUT2D eigenvalue weighted by atomic mass is 79.9. The van der Waals surface area contributed by atoms with Crippen LogP contribution in [0.25, 0.3) is 11.1 Å². The van der Waals surface area contributed by atoms with Gasteiger partial charge in [-0.15, -0.1) is 0 Å². The number of carbonyl (C=O) groups is 1. The van der Waals surface area contributed by atoms with E-state index in [1.165, 1.54) is 6.07 Å². The second-order valence-corrected chi connectivity index (χ2v) is 4.74. The van der Waals surface area contributed by atoms with Crippen molar-refractivity contribution in [3.63, 3.8) is 0 Å². The SMILES string of the molecule is O=C(O)c1ccc(-c2ccccc2Br)c(Cl)c1. The van der Waals surface area contributed by atoms with Crippen LogP contribution in [0.4, 0.5) is 0 Å². The maximum Gasteiger partial charge on any atom is 0.335 e. The first kappa shape index (κ1) is 12.1. The summed E-state index contributed by atoms with van der Waals surface area (Å²) in [6, 6.07) is 12.4. The van der Waals surface area contributed by atoms with Crippen LogP contribution >= 0.6 is 27.5 Å². The summed E-state index contributed by atoms with van der Waals surface area (Å²) in [5, 5.41) is 9.29. The quantitative estimate of drug-likeness (QED) is 0.888. The average Bonchev–Trinajstić information content (AvgIpc) is 2.30. The monoisotopic (exact) mass is 310 g/mol. The highest BCUT2D eigenvalue weighted by Crippen LogP contribution is 2.33. The summed E-state index contributed by atoms with van der Waals surface area (Å²) in [5.74, 6) is -0.981. The van der Waals surface area contributed by atoms with E-state index in [-0.39, 0.29) is 5.56 Å². The minimum atomic E-state index is -0.981. The van der Waals surface area contributed by atoms with Gasteiger partial charge < -0.3 is 5.11 Å². The molecule has 2 rings (SSSR count). The molecule has 2 aromatic carbocycles. The number of aromatic carboxylic acids is 1. The van der Waals surface area contributed by atoms with Crippen molar-refractivity contribution >= 4 is 33.5 Å². The number of carboxylic acid groups (broad SMARTS) is 1. The molecule has 0 aromatic heterocycles. The summed E-state index contributed by atoms with van der Waals surface area (Å²) in [5.41, 5.74) is 1.93. The van der Waals surface area contributed by atoms with Gasteiger partial charge in [-0.2, -0.15) is 0 Å². The van der Waals surface area contributed by atoms with Gasteiger partial charge in [0.2, 0.25) is 0 Å². The molecule has 1 N–H and O–H groups in total. The highest BCUT2D eigenvalue weighted by Gasteiger charge is 2.10. The van der Waals surface area contributed by atoms with Crippen LogP contribution in [-0.4, -0.2) is 11.1 Å². The maximum atomic E-state index is 10.8. The molecule has 0 radical (unpaired) electrons. The van der Waals surface area contributed by atoms with Gasteiger partial charge in [0.15, 0.2) is 0 Å². The first-order valence-corrected chi connectivity index (χ1v) is 6.04. The van der Waals surface area contributed by atoms with Gasteiger partial charge in [-0.3, -0.25) is 0 Å². The third kappa shape index (κ3) is 2.51. The second-order valence-electron chi connectivity index (χ2n) is 3.48. The molecule has 86 valence electrons. The first-order valence-electron chi connectivity index (χ1n) is 4.87. The Bertz CT molecular complexity index is 581. The molecule has 17 heavy (non-hydrogen) atoms. The lowest BCUT2D eigenvalue weighted by atomic mass is 10.0. The highest BCUT2D eigenvalue weighted by molar-refractivity contribution is 9.10. The summed E-state index contributed by atoms with van der Waals surface area (Å²) in [7, 11) is 0. The van der Waals surface area contributed by atoms with Crippen LogP contribution in [0.2, 0.25) is 5.02 Å².